The van der Waals surface area contributed by atoms with Gasteiger partial charge in [-0.25, -0.2) is 0 Å². The fraction of sp³-hybridized carbons (Fsp3) is 0.350. The average molecular weight is 358 g/mol. The van der Waals surface area contributed by atoms with E-state index in [-0.39, 0.29) is 12.0 Å². The second kappa shape index (κ2) is 6.26. The van der Waals surface area contributed by atoms with E-state index in [9.17, 15) is 4.79 Å². The molecule has 2 aromatic rings. The van der Waals surface area contributed by atoms with Crippen molar-refractivity contribution in [2.24, 2.45) is 0 Å². The Balaban J connectivity index is 1.44. The third kappa shape index (κ3) is 3.07. The quantitative estimate of drug-likeness (QED) is 0.838. The van der Waals surface area contributed by atoms with Crippen LogP contribution in [0.25, 0.3) is 0 Å². The highest BCUT2D eigenvalue weighted by atomic mass is 35.5. The first-order valence-electron chi connectivity index (χ1n) is 8.49. The number of carbonyl (C=O) groups is 1. The lowest BCUT2D eigenvalue weighted by atomic mass is 9.94. The standard InChI is InChI=1S/C20H20ClNO3/c1-22(12-16-13-24-17-4-2-3-5-18(17)25-16)19(23)20(10-11-20)14-6-8-15(21)9-7-14/h2-9,16H,10-13H2,1H3. The topological polar surface area (TPSA) is 38.8 Å². The molecular weight excluding hydrogens is 338 g/mol. The van der Waals surface area contributed by atoms with Crippen LogP contribution in [0.5, 0.6) is 11.5 Å². The maximum absolute atomic E-state index is 13.0. The molecule has 0 aromatic heterocycles. The molecule has 2 aliphatic rings. The van der Waals surface area contributed by atoms with E-state index in [0.717, 1.165) is 29.9 Å². The highest BCUT2D eigenvalue weighted by Gasteiger charge is 2.52. The van der Waals surface area contributed by atoms with Gasteiger partial charge in [0.2, 0.25) is 5.91 Å². The number of rotatable bonds is 4. The van der Waals surface area contributed by atoms with Crippen LogP contribution in [0.1, 0.15) is 18.4 Å². The van der Waals surface area contributed by atoms with Crippen molar-refractivity contribution in [2.45, 2.75) is 24.4 Å². The van der Waals surface area contributed by atoms with E-state index in [4.69, 9.17) is 21.1 Å². The van der Waals surface area contributed by atoms with E-state index in [1.165, 1.54) is 0 Å². The SMILES string of the molecule is CN(CC1COc2ccccc2O1)C(=O)C1(c2ccc(Cl)cc2)CC1. The highest BCUT2D eigenvalue weighted by Crippen LogP contribution is 2.49. The highest BCUT2D eigenvalue weighted by molar-refractivity contribution is 6.30. The molecule has 1 saturated carbocycles. The minimum Gasteiger partial charge on any atom is -0.486 e. The molecule has 4 rings (SSSR count). The molecule has 5 heteroatoms. The first kappa shape index (κ1) is 16.3. The van der Waals surface area contributed by atoms with Gasteiger partial charge in [0.25, 0.3) is 0 Å². The van der Waals surface area contributed by atoms with Gasteiger partial charge in [0.15, 0.2) is 17.6 Å². The molecule has 1 atom stereocenters. The van der Waals surface area contributed by atoms with Crippen LogP contribution in [-0.4, -0.2) is 37.1 Å². The number of para-hydroxylation sites is 2. The minimum atomic E-state index is -0.396. The molecule has 2 aromatic carbocycles. The zero-order valence-electron chi connectivity index (χ0n) is 14.1. The molecule has 0 radical (unpaired) electrons. The van der Waals surface area contributed by atoms with Crippen LogP contribution in [0, 0.1) is 0 Å². The summed E-state index contributed by atoms with van der Waals surface area (Å²) in [7, 11) is 1.84. The summed E-state index contributed by atoms with van der Waals surface area (Å²) in [5, 5.41) is 0.687. The summed E-state index contributed by atoms with van der Waals surface area (Å²) in [6.07, 6.45) is 1.59. The molecule has 1 amide bonds. The van der Waals surface area contributed by atoms with Gasteiger partial charge in [0.1, 0.15) is 6.61 Å². The van der Waals surface area contributed by atoms with Gasteiger partial charge in [0, 0.05) is 12.1 Å². The number of likely N-dealkylation sites (N-methyl/N-ethyl adjacent to an activating group) is 1. The third-order valence-corrected chi connectivity index (χ3v) is 5.20. The van der Waals surface area contributed by atoms with Gasteiger partial charge in [-0.3, -0.25) is 4.79 Å². The van der Waals surface area contributed by atoms with E-state index in [2.05, 4.69) is 0 Å². The number of nitrogens with zero attached hydrogens (tertiary/aromatic N) is 1. The number of benzene rings is 2. The molecule has 1 fully saturated rings. The van der Waals surface area contributed by atoms with Crippen molar-refractivity contribution < 1.29 is 14.3 Å². The predicted octanol–water partition coefficient (Wildman–Crippen LogP) is 3.67. The number of ether oxygens (including phenoxy) is 2. The van der Waals surface area contributed by atoms with Crippen LogP contribution >= 0.6 is 11.6 Å². The summed E-state index contributed by atoms with van der Waals surface area (Å²) in [6, 6.07) is 15.2. The molecule has 1 unspecified atom stereocenters. The fourth-order valence-corrected chi connectivity index (χ4v) is 3.55. The number of amides is 1. The summed E-state index contributed by atoms with van der Waals surface area (Å²) in [5.41, 5.74) is 0.646. The maximum atomic E-state index is 13.0. The van der Waals surface area contributed by atoms with Crippen LogP contribution in [0.3, 0.4) is 0 Å². The lowest BCUT2D eigenvalue weighted by molar-refractivity contribution is -0.134. The predicted molar refractivity (Wildman–Crippen MR) is 96.4 cm³/mol. The van der Waals surface area contributed by atoms with Gasteiger partial charge in [0.05, 0.1) is 12.0 Å². The molecule has 25 heavy (non-hydrogen) atoms. The lowest BCUT2D eigenvalue weighted by Crippen LogP contribution is -2.45. The summed E-state index contributed by atoms with van der Waals surface area (Å²) < 4.78 is 11.7. The summed E-state index contributed by atoms with van der Waals surface area (Å²) in [6.45, 7) is 0.949. The molecule has 1 heterocycles. The Bertz CT molecular complexity index is 786. The molecule has 0 N–H and O–H groups in total. The molecule has 1 aliphatic carbocycles. The molecule has 4 nitrogen and oxygen atoms in total. The molecule has 1 aliphatic heterocycles. The number of carbonyl (C=O) groups excluding carboxylic acids is 1. The first-order chi connectivity index (χ1) is 12.1. The van der Waals surface area contributed by atoms with Crippen molar-refractivity contribution in [2.75, 3.05) is 20.2 Å². The smallest absolute Gasteiger partial charge is 0.233 e. The fourth-order valence-electron chi connectivity index (χ4n) is 3.43. The van der Waals surface area contributed by atoms with Crippen LogP contribution in [-0.2, 0) is 10.2 Å². The summed E-state index contributed by atoms with van der Waals surface area (Å²) in [4.78, 5) is 14.8. The largest absolute Gasteiger partial charge is 0.486 e. The van der Waals surface area contributed by atoms with Crippen molar-refractivity contribution in [3.63, 3.8) is 0 Å². The Morgan fingerprint density at radius 3 is 2.52 bits per heavy atom. The zero-order valence-corrected chi connectivity index (χ0v) is 14.8. The van der Waals surface area contributed by atoms with Crippen LogP contribution in [0.15, 0.2) is 48.5 Å². The Hall–Kier alpha value is -2.20. The summed E-state index contributed by atoms with van der Waals surface area (Å²) >= 11 is 5.97. The average Bonchev–Trinajstić information content (AvgIpc) is 3.43. The molecule has 0 saturated heterocycles. The Kier molecular flexibility index (Phi) is 4.08. The lowest BCUT2D eigenvalue weighted by Gasteiger charge is -2.31. The van der Waals surface area contributed by atoms with Crippen molar-refractivity contribution in [3.05, 3.63) is 59.1 Å². The second-order valence-electron chi connectivity index (χ2n) is 6.77. The van der Waals surface area contributed by atoms with Gasteiger partial charge in [-0.15, -0.1) is 0 Å². The van der Waals surface area contributed by atoms with Crippen LogP contribution in [0.4, 0.5) is 0 Å². The van der Waals surface area contributed by atoms with Crippen molar-refractivity contribution in [1.82, 2.24) is 4.90 Å². The Morgan fingerprint density at radius 1 is 1.16 bits per heavy atom. The number of hydrogen-bond donors (Lipinski definition) is 0. The minimum absolute atomic E-state index is 0.136. The van der Waals surface area contributed by atoms with Gasteiger partial charge in [-0.05, 0) is 42.7 Å². The molecule has 0 spiro atoms. The third-order valence-electron chi connectivity index (χ3n) is 4.95. The number of halogens is 1. The Morgan fingerprint density at radius 2 is 1.84 bits per heavy atom. The van der Waals surface area contributed by atoms with E-state index in [1.54, 1.807) is 4.90 Å². The van der Waals surface area contributed by atoms with Gasteiger partial charge in [-0.1, -0.05) is 35.9 Å². The van der Waals surface area contributed by atoms with Crippen LogP contribution in [0.2, 0.25) is 5.02 Å². The maximum Gasteiger partial charge on any atom is 0.233 e. The van der Waals surface area contributed by atoms with Crippen molar-refractivity contribution in [3.8, 4) is 11.5 Å². The normalized spacial score (nSPS) is 20.0. The van der Waals surface area contributed by atoms with Crippen LogP contribution < -0.4 is 9.47 Å². The van der Waals surface area contributed by atoms with Gasteiger partial charge < -0.3 is 14.4 Å². The van der Waals surface area contributed by atoms with Gasteiger partial charge in [-0.2, -0.15) is 0 Å². The monoisotopic (exact) mass is 357 g/mol. The molecular formula is C20H20ClNO3. The second-order valence-corrected chi connectivity index (χ2v) is 7.21. The van der Waals surface area contributed by atoms with E-state index >= 15 is 0 Å². The van der Waals surface area contributed by atoms with Crippen molar-refractivity contribution >= 4 is 17.5 Å². The molecule has 0 bridgehead atoms. The molecule has 130 valence electrons. The van der Waals surface area contributed by atoms with E-state index in [1.807, 2.05) is 55.6 Å². The Labute approximate surface area is 152 Å². The van der Waals surface area contributed by atoms with E-state index < -0.39 is 5.41 Å². The van der Waals surface area contributed by atoms with Gasteiger partial charge >= 0.3 is 0 Å². The first-order valence-corrected chi connectivity index (χ1v) is 8.86. The number of fused-ring (bicyclic) bond motifs is 1. The number of hydrogen-bond acceptors (Lipinski definition) is 3. The van der Waals surface area contributed by atoms with Crippen molar-refractivity contribution in [1.29, 1.82) is 0 Å². The zero-order chi connectivity index (χ0) is 17.4. The summed E-state index contributed by atoms with van der Waals surface area (Å²) in [5.74, 6) is 1.63. The van der Waals surface area contributed by atoms with E-state index in [0.29, 0.717) is 18.2 Å².